The summed E-state index contributed by atoms with van der Waals surface area (Å²) in [7, 11) is 0. The van der Waals surface area contributed by atoms with Gasteiger partial charge in [-0.1, -0.05) is 0 Å². The van der Waals surface area contributed by atoms with Crippen molar-refractivity contribution < 1.29 is 14.7 Å². The quantitative estimate of drug-likeness (QED) is 0.602. The van der Waals surface area contributed by atoms with Crippen molar-refractivity contribution >= 4 is 11.9 Å². The molecule has 0 aromatic heterocycles. The third kappa shape index (κ3) is 2.45. The number of hydrogen-bond donors (Lipinski definition) is 2. The second-order valence-corrected chi connectivity index (χ2v) is 3.48. The van der Waals surface area contributed by atoms with Gasteiger partial charge in [-0.2, -0.15) is 0 Å². The molecule has 0 unspecified atom stereocenters. The van der Waals surface area contributed by atoms with Gasteiger partial charge in [0, 0.05) is 13.0 Å². The highest BCUT2D eigenvalue weighted by Crippen LogP contribution is 2.19. The first-order valence-electron chi connectivity index (χ1n) is 4.89. The third-order valence-electron chi connectivity index (χ3n) is 2.47. The third-order valence-corrected chi connectivity index (χ3v) is 2.47. The van der Waals surface area contributed by atoms with Gasteiger partial charge in [-0.3, -0.25) is 4.79 Å². The first-order chi connectivity index (χ1) is 6.66. The fourth-order valence-electron chi connectivity index (χ4n) is 1.70. The van der Waals surface area contributed by atoms with Gasteiger partial charge in [0.1, 0.15) is 6.04 Å². The largest absolute Gasteiger partial charge is 0.480 e. The van der Waals surface area contributed by atoms with Crippen LogP contribution in [0.1, 0.15) is 25.7 Å². The zero-order valence-electron chi connectivity index (χ0n) is 8.11. The van der Waals surface area contributed by atoms with E-state index in [0.29, 0.717) is 25.9 Å². The van der Waals surface area contributed by atoms with E-state index in [-0.39, 0.29) is 5.91 Å². The van der Waals surface area contributed by atoms with E-state index >= 15 is 0 Å². The number of hydrogen-bond acceptors (Lipinski definition) is 3. The summed E-state index contributed by atoms with van der Waals surface area (Å²) < 4.78 is 0. The van der Waals surface area contributed by atoms with Crippen molar-refractivity contribution in [3.05, 3.63) is 0 Å². The summed E-state index contributed by atoms with van der Waals surface area (Å²) in [6.45, 7) is 1.10. The Morgan fingerprint density at radius 3 is 2.86 bits per heavy atom. The first kappa shape index (κ1) is 11.0. The van der Waals surface area contributed by atoms with Gasteiger partial charge >= 0.3 is 5.97 Å². The molecule has 1 aliphatic rings. The maximum absolute atomic E-state index is 11.3. The minimum atomic E-state index is -0.899. The van der Waals surface area contributed by atoms with Gasteiger partial charge in [0.05, 0.1) is 0 Å². The first-order valence-corrected chi connectivity index (χ1v) is 4.89. The lowest BCUT2D eigenvalue weighted by Gasteiger charge is -2.21. The Morgan fingerprint density at radius 2 is 2.29 bits per heavy atom. The summed E-state index contributed by atoms with van der Waals surface area (Å²) in [6, 6.07) is -0.611. The van der Waals surface area contributed by atoms with E-state index in [0.717, 1.165) is 12.8 Å². The van der Waals surface area contributed by atoms with Crippen LogP contribution in [0.25, 0.3) is 0 Å². The molecule has 0 bridgehead atoms. The average molecular weight is 200 g/mol. The van der Waals surface area contributed by atoms with Crippen molar-refractivity contribution in [3.63, 3.8) is 0 Å². The van der Waals surface area contributed by atoms with E-state index in [1.165, 1.54) is 4.90 Å². The number of nitrogens with two attached hydrogens (primary N) is 1. The number of carbonyl (C=O) groups is 2. The van der Waals surface area contributed by atoms with Gasteiger partial charge < -0.3 is 15.7 Å². The molecule has 0 aromatic carbocycles. The van der Waals surface area contributed by atoms with Crippen molar-refractivity contribution in [3.8, 4) is 0 Å². The number of unbranched alkanes of at least 4 members (excludes halogenated alkanes) is 1. The van der Waals surface area contributed by atoms with Gasteiger partial charge in [0.15, 0.2) is 0 Å². The van der Waals surface area contributed by atoms with Crippen molar-refractivity contribution in [2.75, 3.05) is 13.1 Å². The van der Waals surface area contributed by atoms with Gasteiger partial charge in [0.2, 0.25) is 5.91 Å². The van der Waals surface area contributed by atoms with E-state index in [1.54, 1.807) is 0 Å². The number of carbonyl (C=O) groups excluding carboxylic acids is 1. The van der Waals surface area contributed by atoms with Crippen LogP contribution in [0.3, 0.4) is 0 Å². The molecule has 0 spiro atoms. The summed E-state index contributed by atoms with van der Waals surface area (Å²) in [5.74, 6) is -0.946. The molecule has 80 valence electrons. The molecule has 1 heterocycles. The predicted molar refractivity (Wildman–Crippen MR) is 50.7 cm³/mol. The molecule has 1 fully saturated rings. The van der Waals surface area contributed by atoms with E-state index in [2.05, 4.69) is 0 Å². The maximum atomic E-state index is 11.3. The molecule has 14 heavy (non-hydrogen) atoms. The fraction of sp³-hybridized carbons (Fsp3) is 0.778. The number of aliphatic carboxylic acids is 1. The molecule has 1 rings (SSSR count). The molecule has 0 saturated carbocycles. The summed E-state index contributed by atoms with van der Waals surface area (Å²) >= 11 is 0. The molecule has 0 radical (unpaired) electrons. The van der Waals surface area contributed by atoms with Crippen LogP contribution in [0, 0.1) is 0 Å². The van der Waals surface area contributed by atoms with Crippen LogP contribution in [0.15, 0.2) is 0 Å². The lowest BCUT2D eigenvalue weighted by molar-refractivity contribution is -0.146. The molecule has 1 atom stereocenters. The average Bonchev–Trinajstić information content (AvgIpc) is 2.48. The second-order valence-electron chi connectivity index (χ2n) is 3.48. The standard InChI is InChI=1S/C9H16N2O3/c10-5-1-2-6-11-7(9(13)14)3-4-8(11)12/h7H,1-6,10H2,(H,13,14)/t7-/m1/s1. The Kier molecular flexibility index (Phi) is 3.88. The normalized spacial score (nSPS) is 21.6. The smallest absolute Gasteiger partial charge is 0.326 e. The fourth-order valence-corrected chi connectivity index (χ4v) is 1.70. The van der Waals surface area contributed by atoms with Crippen molar-refractivity contribution in [1.29, 1.82) is 0 Å². The Morgan fingerprint density at radius 1 is 1.57 bits per heavy atom. The summed E-state index contributed by atoms with van der Waals surface area (Å²) in [6.07, 6.45) is 2.42. The Balaban J connectivity index is 2.45. The molecule has 1 saturated heterocycles. The van der Waals surface area contributed by atoms with Crippen LogP contribution in [0.5, 0.6) is 0 Å². The molecule has 0 aliphatic carbocycles. The van der Waals surface area contributed by atoms with Crippen molar-refractivity contribution in [2.24, 2.45) is 5.73 Å². The molecule has 3 N–H and O–H groups in total. The van der Waals surface area contributed by atoms with Gasteiger partial charge in [-0.15, -0.1) is 0 Å². The molecular formula is C9H16N2O3. The van der Waals surface area contributed by atoms with E-state index < -0.39 is 12.0 Å². The van der Waals surface area contributed by atoms with Gasteiger partial charge in [-0.25, -0.2) is 4.79 Å². The van der Waals surface area contributed by atoms with E-state index in [9.17, 15) is 9.59 Å². The molecule has 1 amide bonds. The topological polar surface area (TPSA) is 83.6 Å². The van der Waals surface area contributed by atoms with Crippen LogP contribution in [0.4, 0.5) is 0 Å². The van der Waals surface area contributed by atoms with Crippen molar-refractivity contribution in [1.82, 2.24) is 4.90 Å². The van der Waals surface area contributed by atoms with Gasteiger partial charge in [-0.05, 0) is 25.8 Å². The molecule has 1 aliphatic heterocycles. The van der Waals surface area contributed by atoms with Crippen LogP contribution < -0.4 is 5.73 Å². The lowest BCUT2D eigenvalue weighted by Crippen LogP contribution is -2.39. The lowest BCUT2D eigenvalue weighted by atomic mass is 10.2. The number of likely N-dealkylation sites (tertiary alicyclic amines) is 1. The van der Waals surface area contributed by atoms with E-state index in [4.69, 9.17) is 10.8 Å². The monoisotopic (exact) mass is 200 g/mol. The number of nitrogens with zero attached hydrogens (tertiary/aromatic N) is 1. The highest BCUT2D eigenvalue weighted by molar-refractivity contribution is 5.87. The predicted octanol–water partition coefficient (Wildman–Crippen LogP) is -0.199. The number of rotatable bonds is 5. The summed E-state index contributed by atoms with van der Waals surface area (Å²) in [4.78, 5) is 23.5. The zero-order chi connectivity index (χ0) is 10.6. The van der Waals surface area contributed by atoms with Gasteiger partial charge in [0.25, 0.3) is 0 Å². The zero-order valence-corrected chi connectivity index (χ0v) is 8.11. The summed E-state index contributed by atoms with van der Waals surface area (Å²) in [5.41, 5.74) is 5.32. The molecular weight excluding hydrogens is 184 g/mol. The van der Waals surface area contributed by atoms with Crippen LogP contribution >= 0.6 is 0 Å². The van der Waals surface area contributed by atoms with E-state index in [1.807, 2.05) is 0 Å². The number of carboxylic acid groups (broad SMARTS) is 1. The number of carboxylic acids is 1. The minimum absolute atomic E-state index is 0.0468. The summed E-state index contributed by atoms with van der Waals surface area (Å²) in [5, 5.41) is 8.84. The SMILES string of the molecule is NCCCCN1C(=O)CC[C@@H]1C(=O)O. The maximum Gasteiger partial charge on any atom is 0.326 e. The highest BCUT2D eigenvalue weighted by Gasteiger charge is 2.35. The highest BCUT2D eigenvalue weighted by atomic mass is 16.4. The van der Waals surface area contributed by atoms with Crippen molar-refractivity contribution in [2.45, 2.75) is 31.7 Å². The minimum Gasteiger partial charge on any atom is -0.480 e. The van der Waals surface area contributed by atoms with Crippen LogP contribution in [-0.4, -0.2) is 41.0 Å². The number of amides is 1. The Bertz CT molecular complexity index is 230. The Hall–Kier alpha value is -1.10. The molecule has 5 heteroatoms. The molecule has 5 nitrogen and oxygen atoms in total. The van der Waals surface area contributed by atoms with Crippen LogP contribution in [-0.2, 0) is 9.59 Å². The van der Waals surface area contributed by atoms with Crippen LogP contribution in [0.2, 0.25) is 0 Å². The molecule has 0 aromatic rings. The second kappa shape index (κ2) is 4.95. The Labute approximate surface area is 82.9 Å².